The third-order valence-electron chi connectivity index (χ3n) is 0.895. The number of hydrogen-bond donors (Lipinski definition) is 3. The summed E-state index contributed by atoms with van der Waals surface area (Å²) in [4.78, 5) is 10.2. The van der Waals surface area contributed by atoms with Crippen LogP contribution in [0.2, 0.25) is 0 Å². The number of carbonyl (C=O) groups is 1. The lowest BCUT2D eigenvalue weighted by Gasteiger charge is -2.09. The maximum Gasteiger partial charge on any atom is 0.235 e. The molecule has 0 saturated heterocycles. The quantitative estimate of drug-likeness (QED) is 0.396. The topological polar surface area (TPSA) is 95.1 Å². The molecular formula is C4H11N3O. The summed E-state index contributed by atoms with van der Waals surface area (Å²) in [5.41, 5.74) is 15.2. The van der Waals surface area contributed by atoms with Crippen molar-refractivity contribution in [2.24, 2.45) is 17.2 Å². The molecule has 0 aromatic heterocycles. The minimum atomic E-state index is -0.713. The van der Waals surface area contributed by atoms with Gasteiger partial charge >= 0.3 is 0 Å². The Morgan fingerprint density at radius 3 is 1.88 bits per heavy atom. The van der Waals surface area contributed by atoms with Gasteiger partial charge in [-0.05, 0) is 6.92 Å². The van der Waals surface area contributed by atoms with Gasteiger partial charge in [-0.3, -0.25) is 4.79 Å². The van der Waals surface area contributed by atoms with Crippen molar-refractivity contribution in [3.63, 3.8) is 0 Å². The smallest absolute Gasteiger partial charge is 0.235 e. The van der Waals surface area contributed by atoms with E-state index in [1.165, 1.54) is 0 Å². The van der Waals surface area contributed by atoms with Gasteiger partial charge in [0.15, 0.2) is 0 Å². The third kappa shape index (κ3) is 1.90. The molecule has 0 spiro atoms. The number of hydrogen-bond acceptors (Lipinski definition) is 3. The lowest BCUT2D eigenvalue weighted by atomic mass is 10.2. The van der Waals surface area contributed by atoms with E-state index in [0.29, 0.717) is 0 Å². The number of nitrogens with two attached hydrogens (primary N) is 3. The zero-order chi connectivity index (χ0) is 6.73. The maximum absolute atomic E-state index is 10.2. The molecular weight excluding hydrogens is 106 g/mol. The van der Waals surface area contributed by atoms with Gasteiger partial charge in [0.1, 0.15) is 0 Å². The van der Waals surface area contributed by atoms with Gasteiger partial charge < -0.3 is 17.2 Å². The van der Waals surface area contributed by atoms with Crippen molar-refractivity contribution >= 4 is 5.91 Å². The van der Waals surface area contributed by atoms with E-state index in [4.69, 9.17) is 17.2 Å². The van der Waals surface area contributed by atoms with Crippen molar-refractivity contribution in [3.8, 4) is 0 Å². The van der Waals surface area contributed by atoms with Crippen LogP contribution in [-0.4, -0.2) is 18.0 Å². The summed E-state index contributed by atoms with van der Waals surface area (Å²) in [6.07, 6.45) is 0. The first-order valence-electron chi connectivity index (χ1n) is 2.36. The summed E-state index contributed by atoms with van der Waals surface area (Å²) < 4.78 is 0. The van der Waals surface area contributed by atoms with Crippen LogP contribution in [0.1, 0.15) is 6.92 Å². The molecule has 4 nitrogen and oxygen atoms in total. The van der Waals surface area contributed by atoms with Gasteiger partial charge in [-0.1, -0.05) is 0 Å². The third-order valence-corrected chi connectivity index (χ3v) is 0.895. The van der Waals surface area contributed by atoms with E-state index < -0.39 is 11.9 Å². The Morgan fingerprint density at radius 1 is 1.50 bits per heavy atom. The molecule has 0 aliphatic rings. The van der Waals surface area contributed by atoms with Crippen LogP contribution < -0.4 is 17.2 Å². The van der Waals surface area contributed by atoms with Crippen molar-refractivity contribution in [3.05, 3.63) is 0 Å². The Morgan fingerprint density at radius 2 is 1.88 bits per heavy atom. The fourth-order valence-electron chi connectivity index (χ4n) is 0.259. The normalized spacial score (nSPS) is 17.4. The molecule has 1 amide bonds. The highest BCUT2D eigenvalue weighted by molar-refractivity contribution is 5.80. The summed E-state index contributed by atoms with van der Waals surface area (Å²) in [7, 11) is 0. The van der Waals surface area contributed by atoms with Crippen molar-refractivity contribution in [2.75, 3.05) is 0 Å². The molecule has 0 unspecified atom stereocenters. The summed E-state index contributed by atoms with van der Waals surface area (Å²) in [5, 5.41) is 0. The molecule has 0 aromatic rings. The average Bonchev–Trinajstić information content (AvgIpc) is 1.64. The van der Waals surface area contributed by atoms with Gasteiger partial charge in [-0.25, -0.2) is 0 Å². The molecule has 8 heavy (non-hydrogen) atoms. The Kier molecular flexibility index (Phi) is 2.44. The van der Waals surface area contributed by atoms with Crippen molar-refractivity contribution in [1.29, 1.82) is 0 Å². The predicted molar refractivity (Wildman–Crippen MR) is 30.8 cm³/mol. The van der Waals surface area contributed by atoms with Gasteiger partial charge in [-0.2, -0.15) is 0 Å². The highest BCUT2D eigenvalue weighted by Crippen LogP contribution is 1.80. The molecule has 48 valence electrons. The molecule has 6 N–H and O–H groups in total. The Hall–Kier alpha value is -0.610. The monoisotopic (exact) mass is 117 g/mol. The Labute approximate surface area is 48.0 Å². The van der Waals surface area contributed by atoms with Crippen LogP contribution in [0.3, 0.4) is 0 Å². The molecule has 0 bridgehead atoms. The molecule has 0 heterocycles. The second kappa shape index (κ2) is 2.64. The summed E-state index contributed by atoms with van der Waals surface area (Å²) in [6, 6.07) is -1.07. The second-order valence-electron chi connectivity index (χ2n) is 1.79. The van der Waals surface area contributed by atoms with Crippen LogP contribution in [0, 0.1) is 0 Å². The predicted octanol–water partition coefficient (Wildman–Crippen LogP) is -1.85. The Bertz CT molecular complexity index is 91.3. The van der Waals surface area contributed by atoms with Crippen LogP contribution in [0.4, 0.5) is 0 Å². The van der Waals surface area contributed by atoms with E-state index in [1.54, 1.807) is 6.92 Å². The van der Waals surface area contributed by atoms with Crippen LogP contribution in [-0.2, 0) is 4.79 Å². The van der Waals surface area contributed by atoms with E-state index >= 15 is 0 Å². The summed E-state index contributed by atoms with van der Waals surface area (Å²) in [5.74, 6) is -0.556. The summed E-state index contributed by atoms with van der Waals surface area (Å²) >= 11 is 0. The van der Waals surface area contributed by atoms with Gasteiger partial charge in [0.05, 0.1) is 6.04 Å². The van der Waals surface area contributed by atoms with E-state index in [9.17, 15) is 4.79 Å². The fraction of sp³-hybridized carbons (Fsp3) is 0.750. The van der Waals surface area contributed by atoms with Gasteiger partial charge in [0, 0.05) is 6.04 Å². The average molecular weight is 117 g/mol. The molecule has 0 radical (unpaired) electrons. The number of carbonyl (C=O) groups excluding carboxylic acids is 1. The van der Waals surface area contributed by atoms with E-state index in [-0.39, 0.29) is 6.04 Å². The highest BCUT2D eigenvalue weighted by Gasteiger charge is 2.12. The van der Waals surface area contributed by atoms with E-state index in [0.717, 1.165) is 0 Å². The first-order valence-corrected chi connectivity index (χ1v) is 2.36. The van der Waals surface area contributed by atoms with Crippen molar-refractivity contribution < 1.29 is 4.79 Å². The maximum atomic E-state index is 10.2. The molecule has 2 atom stereocenters. The van der Waals surface area contributed by atoms with Crippen molar-refractivity contribution in [1.82, 2.24) is 0 Å². The lowest BCUT2D eigenvalue weighted by molar-refractivity contribution is -0.119. The van der Waals surface area contributed by atoms with Gasteiger partial charge in [-0.15, -0.1) is 0 Å². The highest BCUT2D eigenvalue weighted by atomic mass is 16.1. The number of rotatable bonds is 2. The lowest BCUT2D eigenvalue weighted by Crippen LogP contribution is -2.48. The van der Waals surface area contributed by atoms with Crippen molar-refractivity contribution in [2.45, 2.75) is 19.0 Å². The largest absolute Gasteiger partial charge is 0.368 e. The van der Waals surface area contributed by atoms with E-state index in [2.05, 4.69) is 0 Å². The second-order valence-corrected chi connectivity index (χ2v) is 1.79. The number of primary amides is 1. The van der Waals surface area contributed by atoms with Crippen LogP contribution in [0.5, 0.6) is 0 Å². The van der Waals surface area contributed by atoms with Crippen LogP contribution in [0.25, 0.3) is 0 Å². The number of amides is 1. The molecule has 0 aliphatic heterocycles. The zero-order valence-electron chi connectivity index (χ0n) is 4.79. The molecule has 0 rings (SSSR count). The first-order chi connectivity index (χ1) is 3.55. The first kappa shape index (κ1) is 7.39. The Balaban J connectivity index is 3.64. The fourth-order valence-corrected chi connectivity index (χ4v) is 0.259. The molecule has 0 saturated carbocycles. The minimum absolute atomic E-state index is 0.354. The zero-order valence-corrected chi connectivity index (χ0v) is 4.79. The SMILES string of the molecule is C[C@@H](N)[C@H](N)C(N)=O. The van der Waals surface area contributed by atoms with Crippen LogP contribution >= 0.6 is 0 Å². The molecule has 0 fully saturated rings. The van der Waals surface area contributed by atoms with E-state index in [1.807, 2.05) is 0 Å². The molecule has 0 aromatic carbocycles. The van der Waals surface area contributed by atoms with Crippen LogP contribution in [0.15, 0.2) is 0 Å². The summed E-state index contributed by atoms with van der Waals surface area (Å²) in [6.45, 7) is 1.63. The van der Waals surface area contributed by atoms with Gasteiger partial charge in [0.2, 0.25) is 5.91 Å². The molecule has 4 heteroatoms. The van der Waals surface area contributed by atoms with Gasteiger partial charge in [0.25, 0.3) is 0 Å². The molecule has 0 aliphatic carbocycles. The minimum Gasteiger partial charge on any atom is -0.368 e. The standard InChI is InChI=1S/C4H11N3O/c1-2(5)3(6)4(7)8/h2-3H,5-6H2,1H3,(H2,7,8)/t2-,3+/m1/s1.